The van der Waals surface area contributed by atoms with Gasteiger partial charge in [0.2, 0.25) is 23.6 Å². The molecule has 11 aliphatic heterocycles. The van der Waals surface area contributed by atoms with Crippen LogP contribution in [0.25, 0.3) is 11.3 Å². The molecule has 0 saturated carbocycles. The van der Waals surface area contributed by atoms with E-state index in [1.165, 1.54) is 64.7 Å². The van der Waals surface area contributed by atoms with E-state index in [9.17, 15) is 23.7 Å². The highest BCUT2D eigenvalue weighted by Crippen LogP contribution is 2.61. The van der Waals surface area contributed by atoms with Crippen LogP contribution in [0.1, 0.15) is 227 Å². The Kier molecular flexibility index (Phi) is 35.7. The Labute approximate surface area is 814 Å². The molecule has 38 heteroatoms. The van der Waals surface area contributed by atoms with Crippen molar-refractivity contribution in [1.82, 2.24) is 20.3 Å². The molecule has 18 rings (SSSR count). The van der Waals surface area contributed by atoms with Crippen LogP contribution in [0, 0.1) is 0 Å². The number of anilines is 6. The van der Waals surface area contributed by atoms with Crippen molar-refractivity contribution in [3.8, 4) is 11.3 Å². The predicted octanol–water partition coefficient (Wildman–Crippen LogP) is 21.6. The van der Waals surface area contributed by atoms with Gasteiger partial charge in [-0.3, -0.25) is 23.7 Å². The Bertz CT molecular complexity index is 4810. The molecule has 7 saturated heterocycles. The number of nitrogens with zero attached hydrogens (tertiary/aromatic N) is 9. The number of carbonyl (C=O) groups is 4. The van der Waals surface area contributed by atoms with Crippen molar-refractivity contribution < 1.29 is 61.0 Å². The molecule has 0 bridgehead atoms. The fraction of sp³-hybridized carbons (Fsp3) is 0.584. The van der Waals surface area contributed by atoms with E-state index in [1.807, 2.05) is 243 Å². The lowest BCUT2D eigenvalue weighted by atomic mass is 9.49. The van der Waals surface area contributed by atoms with E-state index in [0.717, 1.165) is 108 Å². The highest BCUT2D eigenvalue weighted by atomic mass is 79.9. The fourth-order valence-electron chi connectivity index (χ4n) is 15.9. The summed E-state index contributed by atoms with van der Waals surface area (Å²) in [5.74, 6) is 0.683. The van der Waals surface area contributed by atoms with Crippen LogP contribution in [0.5, 0.6) is 0 Å². The van der Waals surface area contributed by atoms with Crippen LogP contribution in [0.15, 0.2) is 107 Å². The average Bonchev–Trinajstić information content (AvgIpc) is 1.60. The smallest absolute Gasteiger partial charge is 0.405 e. The lowest BCUT2D eigenvalue weighted by molar-refractivity contribution is -0.118. The number of amides is 4. The number of benzene rings is 4. The van der Waals surface area contributed by atoms with Gasteiger partial charge in [0.1, 0.15) is 9.21 Å². The first-order chi connectivity index (χ1) is 59.1. The maximum atomic E-state index is 12.4. The zero-order valence-electron chi connectivity index (χ0n) is 77.7. The molecule has 11 aliphatic rings. The molecule has 0 spiro atoms. The van der Waals surface area contributed by atoms with Crippen LogP contribution in [-0.2, 0) is 86.7 Å². The molecule has 0 atom stereocenters. The van der Waals surface area contributed by atoms with Crippen LogP contribution in [0.3, 0.4) is 0 Å². The van der Waals surface area contributed by atoms with E-state index < -0.39 is 33.5 Å². The van der Waals surface area contributed by atoms with Gasteiger partial charge in [-0.05, 0) is 363 Å². The second-order valence-electron chi connectivity index (χ2n) is 37.9. The molecule has 23 nitrogen and oxygen atoms in total. The zero-order chi connectivity index (χ0) is 93.8. The van der Waals surface area contributed by atoms with E-state index in [2.05, 4.69) is 154 Å². The molecular formula is C89H124B4Br4Cl3N10O13PS3. The second-order valence-corrected chi connectivity index (χ2v) is 50.9. The molecule has 0 aliphatic carbocycles. The van der Waals surface area contributed by atoms with E-state index >= 15 is 0 Å². The summed E-state index contributed by atoms with van der Waals surface area (Å²) in [7, 11) is -1.79. The Hall–Kier alpha value is -3.83. The quantitative estimate of drug-likeness (QED) is 0.0991. The van der Waals surface area contributed by atoms with Crippen LogP contribution in [-0.4, -0.2) is 175 Å². The molecule has 1 N–H and O–H groups in total. The number of rotatable bonds is 10. The maximum absolute atomic E-state index is 12.4. The third kappa shape index (κ3) is 25.7. The third-order valence-electron chi connectivity index (χ3n) is 25.3. The summed E-state index contributed by atoms with van der Waals surface area (Å²) in [5.41, 5.74) is 9.56. The Morgan fingerprint density at radius 1 is 0.394 bits per heavy atom. The highest BCUT2D eigenvalue weighted by molar-refractivity contribution is 9.11. The topological polar surface area (TPSA) is 229 Å². The second kappa shape index (κ2) is 43.0. The minimum Gasteiger partial charge on any atom is -0.405 e. The van der Waals surface area contributed by atoms with Crippen LogP contribution < -0.4 is 45.6 Å². The highest BCUT2D eigenvalue weighted by Gasteiger charge is 2.64. The van der Waals surface area contributed by atoms with Crippen molar-refractivity contribution >= 4 is 232 Å². The van der Waals surface area contributed by atoms with E-state index in [0.29, 0.717) is 25.7 Å². The van der Waals surface area contributed by atoms with Crippen molar-refractivity contribution in [2.45, 2.75) is 299 Å². The van der Waals surface area contributed by atoms with Gasteiger partial charge in [0.15, 0.2) is 14.2 Å². The van der Waals surface area contributed by atoms with Gasteiger partial charge in [-0.15, -0.1) is 34.0 Å². The van der Waals surface area contributed by atoms with Crippen molar-refractivity contribution in [2.24, 2.45) is 0 Å². The summed E-state index contributed by atoms with van der Waals surface area (Å²) in [5, 5.41) is 8.36. The van der Waals surface area contributed by atoms with E-state index in [1.54, 1.807) is 34.0 Å². The molecular weight excluding hydrogens is 2010 g/mol. The first-order valence-corrected chi connectivity index (χ1v) is 53.9. The standard InChI is InChI=1S/C18H21N3OS.2C17H24BNO3.C12H24B2O4.C11H12BrNO.C7H9BrN2S.C4H9N.C3HBr2NS.Cl3OP/c1-12(2)21-16-7-5-6-13(14(16)10-17(21)22)15-11-23-18(19-15)20-8-3-4-9-20;2*1-11(2)19-14-9-7-8-13(12(14)10-15(19)20)18-21-16(3,4)17(5,6)22-18;1-9(2)10(3,4)16-13(15-9)14-17-11(5,6)12(7,8)18-14;1-7(2)13-10-5-3-4-9(12)8(10)6-11(13)14;8-6-5-11-7(9-6)10-3-1-2-4-10;1-2-4-5-3-1;4-2-1-7-3(5)6-2;1-5(2,3)4/h5-7,11-12H,3-4,8-10H2,1-2H3;2*7-9,11H,10H2,1-6H3;1-8H3;3-5,7H,6H2,1-2H3;5H,1-4H2;5H,1-4H2;1H;. The number of aromatic nitrogens is 3. The fourth-order valence-corrected chi connectivity index (χ4v) is 20.3. The van der Waals surface area contributed by atoms with Crippen molar-refractivity contribution in [3.63, 3.8) is 0 Å². The van der Waals surface area contributed by atoms with Gasteiger partial charge in [0.25, 0.3) is 0 Å². The first kappa shape index (κ1) is 105. The zero-order valence-corrected chi connectivity index (χ0v) is 89.7. The molecule has 4 amide bonds. The summed E-state index contributed by atoms with van der Waals surface area (Å²) in [6.07, 6.45) is 9.78. The lowest BCUT2D eigenvalue weighted by Crippen LogP contribution is -2.41. The monoisotopic (exact) mass is 2130 g/mol. The number of fused-ring (bicyclic) bond motifs is 4. The number of carbonyl (C=O) groups excluding carboxylic acids is 4. The molecule has 127 heavy (non-hydrogen) atoms. The lowest BCUT2D eigenvalue weighted by Gasteiger charge is -2.32. The molecule has 4 aromatic carbocycles. The Morgan fingerprint density at radius 2 is 0.693 bits per heavy atom. The number of halogens is 7. The maximum Gasteiger partial charge on any atom is 0.495 e. The summed E-state index contributed by atoms with van der Waals surface area (Å²) >= 11 is 32.1. The summed E-state index contributed by atoms with van der Waals surface area (Å²) in [6.45, 7) is 56.0. The molecule has 0 radical (unpaired) electrons. The SMILES string of the molecule is Brc1csc(Br)n1.Brc1csc(N2CCCC2)n1.C1CCNC1.CC(C)N1C(=O)Cc2c(-c3csc(N4CCCC4)n3)cccc21.CC(C)N1C(=O)Cc2c(B3OC(C)(C)C(C)(C)O3)cccc21.CC(C)N1C(=O)Cc2c(B3OC(C)(C)C(C)(C)O3)cccc21.CC(C)N1C(=O)Cc2c(Br)cccc21.CC1(C)OB(B2OC(C)(C)C(C)(C)O2)OC1(C)C.O=P(Cl)(Cl)Cl. The van der Waals surface area contributed by atoms with Crippen molar-refractivity contribution in [2.75, 3.05) is 68.7 Å². The van der Waals surface area contributed by atoms with Gasteiger partial charge in [0.05, 0.1) is 76.2 Å². The van der Waals surface area contributed by atoms with E-state index in [-0.39, 0.29) is 92.6 Å². The van der Waals surface area contributed by atoms with Crippen LogP contribution >= 0.6 is 137 Å². The predicted molar refractivity (Wildman–Crippen MR) is 541 cm³/mol. The normalized spacial score (nSPS) is 20.7. The minimum absolute atomic E-state index is 0.147. The largest absolute Gasteiger partial charge is 0.495 e. The number of thiazole rings is 3. The van der Waals surface area contributed by atoms with E-state index in [4.69, 9.17) is 42.2 Å². The average molecular weight is 2140 g/mol. The van der Waals surface area contributed by atoms with Gasteiger partial charge in [-0.2, -0.15) is 0 Å². The van der Waals surface area contributed by atoms with Gasteiger partial charge in [0, 0.05) is 99.3 Å². The summed E-state index contributed by atoms with van der Waals surface area (Å²) in [4.78, 5) is 74.2. The van der Waals surface area contributed by atoms with Gasteiger partial charge in [-0.25, -0.2) is 15.0 Å². The van der Waals surface area contributed by atoms with Crippen LogP contribution in [0.4, 0.5) is 33.0 Å². The summed E-state index contributed by atoms with van der Waals surface area (Å²) < 4.78 is 61.8. The van der Waals surface area contributed by atoms with Crippen molar-refractivity contribution in [1.29, 1.82) is 0 Å². The molecule has 3 aromatic heterocycles. The Morgan fingerprint density at radius 3 is 1.01 bits per heavy atom. The third-order valence-corrected chi connectivity index (χ3v) is 30.6. The minimum atomic E-state index is -3.22. The number of nitrogens with one attached hydrogen (secondary N) is 1. The number of hydrogen-bond acceptors (Lipinski definition) is 22. The Balaban J connectivity index is 0.000000155. The first-order valence-electron chi connectivity index (χ1n) is 43.6. The summed E-state index contributed by atoms with van der Waals surface area (Å²) in [6, 6.07) is 24.9. The van der Waals surface area contributed by atoms with Gasteiger partial charge < -0.3 is 72.0 Å². The molecule has 692 valence electrons. The molecule has 14 heterocycles. The van der Waals surface area contributed by atoms with Gasteiger partial charge in [-0.1, -0.05) is 58.4 Å². The molecule has 7 fully saturated rings. The van der Waals surface area contributed by atoms with Crippen molar-refractivity contribution in [3.05, 3.63) is 129 Å². The molecule has 7 aromatic rings. The molecule has 0 unspecified atom stereocenters. The number of hydrogen-bond donors (Lipinski definition) is 1. The van der Waals surface area contributed by atoms with Gasteiger partial charge >= 0.3 is 33.5 Å². The van der Waals surface area contributed by atoms with Crippen LogP contribution in [0.2, 0.25) is 0 Å².